The Kier molecular flexibility index (Phi) is 5.00. The van der Waals surface area contributed by atoms with Gasteiger partial charge in [-0.05, 0) is 43.8 Å². The number of thiocarbonyl (C=S) groups is 1. The molecule has 1 aromatic rings. The number of benzene rings is 1. The Morgan fingerprint density at radius 1 is 1.43 bits per heavy atom. The standard InChI is InChI=1S/C15H17BrN2O2S/c1-4-18-9(2)12(14(19)20-3)13(17-15(18)21)10-5-7-11(16)8-6-10/h5-8,13H,4H2,1-3H3,(H,17,21)/t13-/m1/s1. The van der Waals surface area contributed by atoms with Gasteiger partial charge in [0.15, 0.2) is 5.11 Å². The fourth-order valence-corrected chi connectivity index (χ4v) is 3.09. The third-order valence-corrected chi connectivity index (χ3v) is 4.39. The lowest BCUT2D eigenvalue weighted by atomic mass is 9.95. The van der Waals surface area contributed by atoms with E-state index in [1.807, 2.05) is 43.0 Å². The summed E-state index contributed by atoms with van der Waals surface area (Å²) in [4.78, 5) is 14.1. The molecule has 0 saturated carbocycles. The number of carbonyl (C=O) groups is 1. The summed E-state index contributed by atoms with van der Waals surface area (Å²) in [5.41, 5.74) is 2.40. The van der Waals surface area contributed by atoms with Crippen molar-refractivity contribution in [2.75, 3.05) is 13.7 Å². The Labute approximate surface area is 138 Å². The summed E-state index contributed by atoms with van der Waals surface area (Å²) in [5, 5.41) is 3.85. The average molecular weight is 369 g/mol. The molecule has 0 unspecified atom stereocenters. The molecule has 0 saturated heterocycles. The second-order valence-corrected chi connectivity index (χ2v) is 5.97. The van der Waals surface area contributed by atoms with E-state index in [0.29, 0.717) is 17.2 Å². The number of hydrogen-bond donors (Lipinski definition) is 1. The molecule has 0 spiro atoms. The summed E-state index contributed by atoms with van der Waals surface area (Å²) in [6, 6.07) is 7.51. The van der Waals surface area contributed by atoms with Gasteiger partial charge in [-0.15, -0.1) is 0 Å². The van der Waals surface area contributed by atoms with Crippen molar-refractivity contribution in [3.05, 3.63) is 45.6 Å². The fourth-order valence-electron chi connectivity index (χ4n) is 2.44. The van der Waals surface area contributed by atoms with Crippen molar-refractivity contribution < 1.29 is 9.53 Å². The minimum atomic E-state index is -0.339. The highest BCUT2D eigenvalue weighted by atomic mass is 79.9. The quantitative estimate of drug-likeness (QED) is 0.655. The van der Waals surface area contributed by atoms with Crippen LogP contribution in [0, 0.1) is 0 Å². The number of ether oxygens (including phenoxy) is 1. The van der Waals surface area contributed by atoms with Gasteiger partial charge >= 0.3 is 5.97 Å². The van der Waals surface area contributed by atoms with E-state index in [4.69, 9.17) is 17.0 Å². The molecule has 0 aliphatic carbocycles. The lowest BCUT2D eigenvalue weighted by molar-refractivity contribution is -0.136. The number of esters is 1. The number of methoxy groups -OCH3 is 1. The molecule has 1 heterocycles. The van der Waals surface area contributed by atoms with Crippen molar-refractivity contribution in [1.29, 1.82) is 0 Å². The molecule has 0 fully saturated rings. The van der Waals surface area contributed by atoms with Crippen LogP contribution < -0.4 is 5.32 Å². The topological polar surface area (TPSA) is 41.6 Å². The number of allylic oxidation sites excluding steroid dienone is 1. The normalized spacial score (nSPS) is 18.6. The lowest BCUT2D eigenvalue weighted by Gasteiger charge is -2.36. The molecular formula is C15H17BrN2O2S. The molecule has 6 heteroatoms. The summed E-state index contributed by atoms with van der Waals surface area (Å²) < 4.78 is 5.93. The highest BCUT2D eigenvalue weighted by Gasteiger charge is 2.33. The van der Waals surface area contributed by atoms with Crippen molar-refractivity contribution in [1.82, 2.24) is 10.2 Å². The van der Waals surface area contributed by atoms with Crippen LogP contribution in [-0.2, 0) is 9.53 Å². The number of nitrogens with one attached hydrogen (secondary N) is 1. The zero-order valence-electron chi connectivity index (χ0n) is 12.1. The zero-order chi connectivity index (χ0) is 15.6. The van der Waals surface area contributed by atoms with Crippen LogP contribution in [0.25, 0.3) is 0 Å². The molecule has 0 aromatic heterocycles. The van der Waals surface area contributed by atoms with E-state index in [0.717, 1.165) is 15.7 Å². The molecule has 112 valence electrons. The predicted octanol–water partition coefficient (Wildman–Crippen LogP) is 3.15. The predicted molar refractivity (Wildman–Crippen MR) is 89.7 cm³/mol. The van der Waals surface area contributed by atoms with Crippen LogP contribution in [0.15, 0.2) is 40.0 Å². The maximum Gasteiger partial charge on any atom is 0.337 e. The van der Waals surface area contributed by atoms with Gasteiger partial charge in [-0.3, -0.25) is 0 Å². The van der Waals surface area contributed by atoms with Gasteiger partial charge in [0.1, 0.15) is 0 Å². The van der Waals surface area contributed by atoms with E-state index in [-0.39, 0.29) is 12.0 Å². The molecule has 0 amide bonds. The third-order valence-electron chi connectivity index (χ3n) is 3.52. The Morgan fingerprint density at radius 3 is 2.57 bits per heavy atom. The van der Waals surface area contributed by atoms with Crippen molar-refractivity contribution >= 4 is 39.2 Å². The van der Waals surface area contributed by atoms with Crippen LogP contribution in [0.5, 0.6) is 0 Å². The van der Waals surface area contributed by atoms with Crippen LogP contribution in [0.4, 0.5) is 0 Å². The number of carbonyl (C=O) groups excluding carboxylic acids is 1. The molecular weight excluding hydrogens is 352 g/mol. The van der Waals surface area contributed by atoms with Gasteiger partial charge in [0, 0.05) is 16.7 Å². The van der Waals surface area contributed by atoms with Crippen LogP contribution >= 0.6 is 28.1 Å². The molecule has 1 aliphatic rings. The van der Waals surface area contributed by atoms with Crippen LogP contribution in [0.3, 0.4) is 0 Å². The summed E-state index contributed by atoms with van der Waals surface area (Å²) in [6.07, 6.45) is 0. The average Bonchev–Trinajstić information content (AvgIpc) is 2.47. The molecule has 0 radical (unpaired) electrons. The molecule has 2 rings (SSSR count). The molecule has 0 bridgehead atoms. The molecule has 1 aliphatic heterocycles. The first-order valence-electron chi connectivity index (χ1n) is 6.62. The van der Waals surface area contributed by atoms with Gasteiger partial charge in [0.25, 0.3) is 0 Å². The third kappa shape index (κ3) is 3.11. The highest BCUT2D eigenvalue weighted by Crippen LogP contribution is 2.31. The summed E-state index contributed by atoms with van der Waals surface area (Å²) in [7, 11) is 1.39. The van der Waals surface area contributed by atoms with E-state index in [9.17, 15) is 4.79 Å². The van der Waals surface area contributed by atoms with Gasteiger partial charge in [0.2, 0.25) is 0 Å². The SMILES string of the molecule is CCN1C(=S)N[C@H](c2ccc(Br)cc2)C(C(=O)OC)=C1C. The Morgan fingerprint density at radius 2 is 2.05 bits per heavy atom. The summed E-state index contributed by atoms with van der Waals surface area (Å²) in [5.74, 6) is -0.339. The number of halogens is 1. The summed E-state index contributed by atoms with van der Waals surface area (Å²) in [6.45, 7) is 4.59. The van der Waals surface area contributed by atoms with Gasteiger partial charge in [-0.25, -0.2) is 4.79 Å². The smallest absolute Gasteiger partial charge is 0.337 e. The van der Waals surface area contributed by atoms with Crippen molar-refractivity contribution in [3.8, 4) is 0 Å². The lowest BCUT2D eigenvalue weighted by Crippen LogP contribution is -2.47. The maximum absolute atomic E-state index is 12.2. The van der Waals surface area contributed by atoms with E-state index in [2.05, 4.69) is 21.2 Å². The van der Waals surface area contributed by atoms with E-state index in [1.54, 1.807) is 0 Å². The van der Waals surface area contributed by atoms with Crippen LogP contribution in [-0.4, -0.2) is 29.6 Å². The van der Waals surface area contributed by atoms with Crippen molar-refractivity contribution in [2.24, 2.45) is 0 Å². The maximum atomic E-state index is 12.2. The number of nitrogens with zero attached hydrogens (tertiary/aromatic N) is 1. The first kappa shape index (κ1) is 16.0. The fraction of sp³-hybridized carbons (Fsp3) is 0.333. The number of rotatable bonds is 3. The van der Waals surface area contributed by atoms with Gasteiger partial charge < -0.3 is 15.0 Å². The highest BCUT2D eigenvalue weighted by molar-refractivity contribution is 9.10. The Hall–Kier alpha value is -1.40. The Bertz CT molecular complexity index is 598. The minimum Gasteiger partial charge on any atom is -0.466 e. The molecule has 1 aromatic carbocycles. The molecule has 4 nitrogen and oxygen atoms in total. The zero-order valence-corrected chi connectivity index (χ0v) is 14.5. The molecule has 1 N–H and O–H groups in total. The summed E-state index contributed by atoms with van der Waals surface area (Å²) >= 11 is 8.81. The largest absolute Gasteiger partial charge is 0.466 e. The van der Waals surface area contributed by atoms with E-state index >= 15 is 0 Å². The Balaban J connectivity index is 2.52. The van der Waals surface area contributed by atoms with Crippen molar-refractivity contribution in [2.45, 2.75) is 19.9 Å². The van der Waals surface area contributed by atoms with Gasteiger partial charge in [-0.2, -0.15) is 0 Å². The number of hydrogen-bond acceptors (Lipinski definition) is 3. The molecule has 21 heavy (non-hydrogen) atoms. The van der Waals surface area contributed by atoms with Gasteiger partial charge in [-0.1, -0.05) is 28.1 Å². The van der Waals surface area contributed by atoms with Crippen molar-refractivity contribution in [3.63, 3.8) is 0 Å². The second-order valence-electron chi connectivity index (χ2n) is 4.67. The first-order chi connectivity index (χ1) is 9.99. The monoisotopic (exact) mass is 368 g/mol. The first-order valence-corrected chi connectivity index (χ1v) is 7.82. The van der Waals surface area contributed by atoms with Crippen LogP contribution in [0.2, 0.25) is 0 Å². The van der Waals surface area contributed by atoms with Gasteiger partial charge in [0.05, 0.1) is 18.7 Å². The van der Waals surface area contributed by atoms with E-state index < -0.39 is 0 Å². The minimum absolute atomic E-state index is 0.291. The van der Waals surface area contributed by atoms with Crippen LogP contribution in [0.1, 0.15) is 25.5 Å². The second kappa shape index (κ2) is 6.58. The molecule has 1 atom stereocenters. The van der Waals surface area contributed by atoms with E-state index in [1.165, 1.54) is 7.11 Å².